The number of nitrogens with zero attached hydrogens (tertiary/aromatic N) is 4. The van der Waals surface area contributed by atoms with E-state index in [-0.39, 0.29) is 22.9 Å². The zero-order chi connectivity index (χ0) is 23.1. The van der Waals surface area contributed by atoms with Gasteiger partial charge in [0.1, 0.15) is 6.33 Å². The summed E-state index contributed by atoms with van der Waals surface area (Å²) >= 11 is 0. The minimum atomic E-state index is -0.550. The van der Waals surface area contributed by atoms with Crippen LogP contribution in [-0.4, -0.2) is 35.0 Å². The summed E-state index contributed by atoms with van der Waals surface area (Å²) in [5.41, 5.74) is 2.27. The molecule has 3 aromatic rings. The van der Waals surface area contributed by atoms with Crippen LogP contribution < -0.4 is 10.2 Å². The number of aryl methyl sites for hydroxylation is 1. The summed E-state index contributed by atoms with van der Waals surface area (Å²) in [7, 11) is 2.88. The highest BCUT2D eigenvalue weighted by Gasteiger charge is 2.28. The topological polar surface area (TPSA) is 110 Å². The number of hydrogen-bond donors (Lipinski definition) is 1. The molecule has 0 saturated heterocycles. The quantitative estimate of drug-likeness (QED) is 0.283. The molecule has 2 aromatic carbocycles. The van der Waals surface area contributed by atoms with E-state index in [0.717, 1.165) is 19.3 Å². The highest BCUT2D eigenvalue weighted by Crippen LogP contribution is 2.37. The number of esters is 1. The molecule has 0 aliphatic rings. The largest absolute Gasteiger partial charge is 0.465 e. The minimum absolute atomic E-state index is 0.0448. The van der Waals surface area contributed by atoms with E-state index < -0.39 is 10.9 Å². The van der Waals surface area contributed by atoms with Crippen molar-refractivity contribution < 1.29 is 14.5 Å². The number of nitro groups is 1. The van der Waals surface area contributed by atoms with E-state index in [9.17, 15) is 14.9 Å². The van der Waals surface area contributed by atoms with Gasteiger partial charge in [-0.05, 0) is 42.7 Å². The van der Waals surface area contributed by atoms with Crippen molar-refractivity contribution in [1.29, 1.82) is 0 Å². The number of benzene rings is 2. The van der Waals surface area contributed by atoms with E-state index in [4.69, 9.17) is 4.74 Å². The molecule has 1 aromatic heterocycles. The molecule has 0 amide bonds. The Kier molecular flexibility index (Phi) is 7.33. The van der Waals surface area contributed by atoms with Crippen LogP contribution in [0, 0.1) is 10.1 Å². The Morgan fingerprint density at radius 3 is 2.53 bits per heavy atom. The number of methoxy groups -OCH3 is 1. The summed E-state index contributed by atoms with van der Waals surface area (Å²) < 4.78 is 4.83. The summed E-state index contributed by atoms with van der Waals surface area (Å²) in [5.74, 6) is -0.446. The molecule has 9 nitrogen and oxygen atoms in total. The molecule has 0 aliphatic heterocycles. The van der Waals surface area contributed by atoms with Gasteiger partial charge in [0.15, 0.2) is 0 Å². The fourth-order valence-electron chi connectivity index (χ4n) is 3.31. The second kappa shape index (κ2) is 10.3. The van der Waals surface area contributed by atoms with Crippen molar-refractivity contribution in [3.63, 3.8) is 0 Å². The minimum Gasteiger partial charge on any atom is -0.465 e. The average molecular weight is 435 g/mol. The first kappa shape index (κ1) is 22.7. The Hall–Kier alpha value is -4.01. The molecule has 0 radical (unpaired) electrons. The van der Waals surface area contributed by atoms with E-state index >= 15 is 0 Å². The number of rotatable bonds is 9. The van der Waals surface area contributed by atoms with Crippen LogP contribution in [0.2, 0.25) is 0 Å². The van der Waals surface area contributed by atoms with Crippen LogP contribution >= 0.6 is 0 Å². The van der Waals surface area contributed by atoms with Crippen LogP contribution in [0.25, 0.3) is 0 Å². The predicted molar refractivity (Wildman–Crippen MR) is 123 cm³/mol. The first-order chi connectivity index (χ1) is 15.5. The van der Waals surface area contributed by atoms with Gasteiger partial charge < -0.3 is 15.0 Å². The molecule has 9 heteroatoms. The maximum Gasteiger partial charge on any atom is 0.354 e. The molecule has 1 heterocycles. The lowest BCUT2D eigenvalue weighted by molar-refractivity contribution is -0.383. The fraction of sp³-hybridized carbons (Fsp3) is 0.261. The van der Waals surface area contributed by atoms with Crippen LogP contribution in [0.5, 0.6) is 0 Å². The molecular formula is C23H25N5O4. The number of carbonyl (C=O) groups excluding carboxylic acids is 1. The number of nitrogens with one attached hydrogen (secondary N) is 1. The maximum absolute atomic E-state index is 12.2. The molecule has 0 fully saturated rings. The molecule has 0 saturated carbocycles. The lowest BCUT2D eigenvalue weighted by Crippen LogP contribution is -2.18. The fourth-order valence-corrected chi connectivity index (χ4v) is 3.31. The lowest BCUT2D eigenvalue weighted by Gasteiger charge is -2.21. The van der Waals surface area contributed by atoms with Gasteiger partial charge in [-0.3, -0.25) is 10.1 Å². The van der Waals surface area contributed by atoms with Gasteiger partial charge in [-0.25, -0.2) is 14.8 Å². The van der Waals surface area contributed by atoms with Crippen molar-refractivity contribution in [3.8, 4) is 0 Å². The highest BCUT2D eigenvalue weighted by molar-refractivity contribution is 5.97. The van der Waals surface area contributed by atoms with Crippen molar-refractivity contribution in [2.75, 3.05) is 24.4 Å². The zero-order valence-corrected chi connectivity index (χ0v) is 18.2. The van der Waals surface area contributed by atoms with Crippen LogP contribution in [-0.2, 0) is 11.2 Å². The summed E-state index contributed by atoms with van der Waals surface area (Å²) in [6.07, 6.45) is 4.45. The Labute approximate surface area is 186 Å². The summed E-state index contributed by atoms with van der Waals surface area (Å²) in [6.45, 7) is 2.14. The van der Waals surface area contributed by atoms with Gasteiger partial charge in [-0.15, -0.1) is 0 Å². The van der Waals surface area contributed by atoms with Crippen molar-refractivity contribution in [2.24, 2.45) is 0 Å². The Morgan fingerprint density at radius 1 is 1.16 bits per heavy atom. The molecule has 0 bridgehead atoms. The van der Waals surface area contributed by atoms with Crippen LogP contribution in [0.15, 0.2) is 54.9 Å². The average Bonchev–Trinajstić information content (AvgIpc) is 2.82. The molecule has 32 heavy (non-hydrogen) atoms. The normalized spacial score (nSPS) is 10.5. The third-order valence-corrected chi connectivity index (χ3v) is 5.01. The van der Waals surface area contributed by atoms with Crippen LogP contribution in [0.3, 0.4) is 0 Å². The van der Waals surface area contributed by atoms with Crippen LogP contribution in [0.1, 0.15) is 35.7 Å². The monoisotopic (exact) mass is 435 g/mol. The molecule has 0 unspecified atom stereocenters. The highest BCUT2D eigenvalue weighted by atomic mass is 16.6. The molecule has 1 N–H and O–H groups in total. The van der Waals surface area contributed by atoms with Crippen molar-refractivity contribution in [1.82, 2.24) is 9.97 Å². The Morgan fingerprint density at radius 2 is 1.88 bits per heavy atom. The maximum atomic E-state index is 12.2. The van der Waals surface area contributed by atoms with E-state index in [1.54, 1.807) is 31.3 Å². The standard InChI is InChI=1S/C23H25N5O4/c1-4-5-8-16-11-13-17(14-12-16)26-21-20(28(30)31)22(25-15-24-21)27(2)19-10-7-6-9-18(19)23(29)32-3/h6-7,9-15H,4-5,8H2,1-3H3,(H,24,25,26). The van der Waals surface area contributed by atoms with Crippen LogP contribution in [0.4, 0.5) is 28.7 Å². The smallest absolute Gasteiger partial charge is 0.354 e. The van der Waals surface area contributed by atoms with Crippen molar-refractivity contribution in [3.05, 3.63) is 76.1 Å². The van der Waals surface area contributed by atoms with E-state index in [1.165, 1.54) is 23.9 Å². The third-order valence-electron chi connectivity index (χ3n) is 5.01. The summed E-state index contributed by atoms with van der Waals surface area (Å²) in [4.78, 5) is 33.3. The molecular weight excluding hydrogens is 410 g/mol. The van der Waals surface area contributed by atoms with Gasteiger partial charge in [0.2, 0.25) is 11.6 Å². The number of unbranched alkanes of at least 4 members (excludes halogenated alkanes) is 1. The molecule has 166 valence electrons. The number of aromatic nitrogens is 2. The summed E-state index contributed by atoms with van der Waals surface area (Å²) in [6, 6.07) is 14.4. The molecule has 0 aliphatic carbocycles. The first-order valence-corrected chi connectivity index (χ1v) is 10.2. The molecule has 3 rings (SSSR count). The van der Waals surface area contributed by atoms with Gasteiger partial charge in [-0.1, -0.05) is 37.6 Å². The number of carbonyl (C=O) groups is 1. The Balaban J connectivity index is 1.97. The van der Waals surface area contributed by atoms with Gasteiger partial charge in [0.05, 0.1) is 23.3 Å². The molecule has 0 spiro atoms. The SMILES string of the molecule is CCCCc1ccc(Nc2ncnc(N(C)c3ccccc3C(=O)OC)c2[N+](=O)[O-])cc1. The second-order valence-corrected chi connectivity index (χ2v) is 7.14. The zero-order valence-electron chi connectivity index (χ0n) is 18.2. The lowest BCUT2D eigenvalue weighted by atomic mass is 10.1. The van der Waals surface area contributed by atoms with E-state index in [1.807, 2.05) is 24.3 Å². The Bertz CT molecular complexity index is 1100. The number of anilines is 4. The number of ether oxygens (including phenoxy) is 1. The summed E-state index contributed by atoms with van der Waals surface area (Å²) in [5, 5.41) is 15.0. The van der Waals surface area contributed by atoms with Gasteiger partial charge >= 0.3 is 11.7 Å². The molecule has 0 atom stereocenters. The predicted octanol–water partition coefficient (Wildman–Crippen LogP) is 5.03. The number of hydrogen-bond acceptors (Lipinski definition) is 8. The van der Waals surface area contributed by atoms with Gasteiger partial charge in [0.25, 0.3) is 0 Å². The van der Waals surface area contributed by atoms with E-state index in [2.05, 4.69) is 22.2 Å². The first-order valence-electron chi connectivity index (χ1n) is 10.2. The van der Waals surface area contributed by atoms with Crippen molar-refractivity contribution >= 4 is 34.7 Å². The third kappa shape index (κ3) is 5.00. The van der Waals surface area contributed by atoms with Gasteiger partial charge in [0, 0.05) is 12.7 Å². The van der Waals surface area contributed by atoms with Crippen molar-refractivity contribution in [2.45, 2.75) is 26.2 Å². The number of para-hydroxylation sites is 1. The second-order valence-electron chi connectivity index (χ2n) is 7.14. The van der Waals surface area contributed by atoms with Gasteiger partial charge in [-0.2, -0.15) is 0 Å². The van der Waals surface area contributed by atoms with E-state index in [0.29, 0.717) is 11.4 Å².